The average Bonchev–Trinajstić information content (AvgIpc) is 2.95. The van der Waals surface area contributed by atoms with Crippen molar-refractivity contribution in [1.82, 2.24) is 10.3 Å². The van der Waals surface area contributed by atoms with Gasteiger partial charge in [-0.2, -0.15) is 0 Å². The number of carbonyl (C=O) groups excluding carboxylic acids is 2. The molecule has 0 atom stereocenters. The van der Waals surface area contributed by atoms with E-state index in [-0.39, 0.29) is 11.7 Å². The first-order chi connectivity index (χ1) is 8.22. The van der Waals surface area contributed by atoms with Gasteiger partial charge in [0, 0.05) is 6.54 Å². The molecule has 1 aliphatic heterocycles. The lowest BCUT2D eigenvalue weighted by atomic mass is 10.4. The van der Waals surface area contributed by atoms with Crippen LogP contribution in [-0.4, -0.2) is 34.2 Å². The maximum Gasteiger partial charge on any atom is 0.307 e. The van der Waals surface area contributed by atoms with Crippen molar-refractivity contribution < 1.29 is 14.0 Å². The number of amidine groups is 1. The Morgan fingerprint density at radius 3 is 3.18 bits per heavy atom. The van der Waals surface area contributed by atoms with Crippen LogP contribution in [-0.2, 0) is 4.79 Å². The summed E-state index contributed by atoms with van der Waals surface area (Å²) in [6.07, 6.45) is 1.41. The molecule has 0 unspecified atom stereocenters. The van der Waals surface area contributed by atoms with E-state index >= 15 is 0 Å². The molecule has 2 rings (SSSR count). The molecule has 1 aliphatic rings. The Labute approximate surface area is 102 Å². The molecule has 0 aromatic carbocycles. The number of nitrogens with zero attached hydrogens (tertiary/aromatic N) is 2. The van der Waals surface area contributed by atoms with E-state index in [1.807, 2.05) is 6.92 Å². The number of carbonyl (C=O) groups is 2. The minimum absolute atomic E-state index is 0.00324. The Bertz CT molecular complexity index is 455. The second-order valence-corrected chi connectivity index (χ2v) is 4.18. The van der Waals surface area contributed by atoms with Gasteiger partial charge in [0.15, 0.2) is 10.9 Å². The van der Waals surface area contributed by atoms with E-state index < -0.39 is 5.91 Å². The van der Waals surface area contributed by atoms with Crippen LogP contribution in [0.2, 0.25) is 0 Å². The largest absolute Gasteiger partial charge is 0.459 e. The van der Waals surface area contributed by atoms with Gasteiger partial charge in [-0.3, -0.25) is 14.5 Å². The van der Waals surface area contributed by atoms with Crippen molar-refractivity contribution in [2.24, 2.45) is 5.10 Å². The fourth-order valence-electron chi connectivity index (χ4n) is 1.35. The quantitative estimate of drug-likeness (QED) is 0.811. The fraction of sp³-hybridized carbons (Fsp3) is 0.300. The highest BCUT2D eigenvalue weighted by molar-refractivity contribution is 8.15. The SMILES string of the molecule is CCN1C(=O)CS/C1=N/NC(=O)c1ccco1. The van der Waals surface area contributed by atoms with E-state index in [4.69, 9.17) is 4.42 Å². The lowest BCUT2D eigenvalue weighted by Gasteiger charge is -2.11. The van der Waals surface area contributed by atoms with Gasteiger partial charge >= 0.3 is 5.91 Å². The summed E-state index contributed by atoms with van der Waals surface area (Å²) in [5.74, 6) is 0.122. The number of rotatable bonds is 3. The van der Waals surface area contributed by atoms with E-state index in [0.717, 1.165) is 0 Å². The molecule has 1 N–H and O–H groups in total. The highest BCUT2D eigenvalue weighted by Gasteiger charge is 2.26. The van der Waals surface area contributed by atoms with E-state index in [0.29, 0.717) is 17.5 Å². The van der Waals surface area contributed by atoms with Crippen molar-refractivity contribution in [2.75, 3.05) is 12.3 Å². The van der Waals surface area contributed by atoms with E-state index in [2.05, 4.69) is 10.5 Å². The molecule has 0 radical (unpaired) electrons. The normalized spacial score (nSPS) is 17.8. The number of nitrogens with one attached hydrogen (secondary N) is 1. The van der Waals surface area contributed by atoms with Crippen LogP contribution < -0.4 is 5.43 Å². The van der Waals surface area contributed by atoms with Gasteiger partial charge < -0.3 is 4.42 Å². The van der Waals surface area contributed by atoms with Crippen molar-refractivity contribution in [2.45, 2.75) is 6.92 Å². The number of amides is 2. The number of hydrazone groups is 1. The van der Waals surface area contributed by atoms with Gasteiger partial charge in [-0.25, -0.2) is 5.43 Å². The van der Waals surface area contributed by atoms with Gasteiger partial charge in [0.05, 0.1) is 12.0 Å². The summed E-state index contributed by atoms with van der Waals surface area (Å²) >= 11 is 1.30. The maximum atomic E-state index is 11.5. The molecule has 2 heterocycles. The molecular formula is C10H11N3O3S. The van der Waals surface area contributed by atoms with Crippen molar-refractivity contribution in [3.05, 3.63) is 24.2 Å². The molecule has 17 heavy (non-hydrogen) atoms. The second-order valence-electron chi connectivity index (χ2n) is 3.24. The highest BCUT2D eigenvalue weighted by atomic mass is 32.2. The summed E-state index contributed by atoms with van der Waals surface area (Å²) in [7, 11) is 0. The molecule has 0 aliphatic carbocycles. The Balaban J connectivity index is 2.01. The standard InChI is InChI=1S/C10H11N3O3S/c1-2-13-8(14)6-17-10(13)12-11-9(15)7-4-3-5-16-7/h3-5H,2,6H2,1H3,(H,11,15)/b12-10+. The van der Waals surface area contributed by atoms with Crippen LogP contribution in [0.3, 0.4) is 0 Å². The first-order valence-electron chi connectivity index (χ1n) is 5.07. The summed E-state index contributed by atoms with van der Waals surface area (Å²) in [6, 6.07) is 3.16. The Kier molecular flexibility index (Phi) is 3.48. The lowest BCUT2D eigenvalue weighted by molar-refractivity contribution is -0.123. The number of hydrogen-bond donors (Lipinski definition) is 1. The van der Waals surface area contributed by atoms with Crippen LogP contribution in [0.15, 0.2) is 27.9 Å². The van der Waals surface area contributed by atoms with Crippen LogP contribution in [0.25, 0.3) is 0 Å². The van der Waals surface area contributed by atoms with Gasteiger partial charge in [-0.1, -0.05) is 11.8 Å². The molecule has 1 saturated heterocycles. The maximum absolute atomic E-state index is 11.5. The average molecular weight is 253 g/mol. The molecule has 7 heteroatoms. The van der Waals surface area contributed by atoms with Gasteiger partial charge in [-0.05, 0) is 19.1 Å². The molecule has 90 valence electrons. The molecule has 1 fully saturated rings. The van der Waals surface area contributed by atoms with Crippen LogP contribution in [0.4, 0.5) is 0 Å². The summed E-state index contributed by atoms with van der Waals surface area (Å²) in [5.41, 5.74) is 2.35. The van der Waals surface area contributed by atoms with Crippen LogP contribution in [0, 0.1) is 0 Å². The molecule has 6 nitrogen and oxygen atoms in total. The molecule has 2 amide bonds. The molecule has 0 saturated carbocycles. The molecule has 1 aromatic heterocycles. The van der Waals surface area contributed by atoms with Crippen LogP contribution in [0.1, 0.15) is 17.5 Å². The first-order valence-corrected chi connectivity index (χ1v) is 6.05. The second kappa shape index (κ2) is 5.05. The van der Waals surface area contributed by atoms with Crippen LogP contribution >= 0.6 is 11.8 Å². The summed E-state index contributed by atoms with van der Waals surface area (Å²) in [5, 5.41) is 4.42. The molecule has 0 spiro atoms. The Hall–Kier alpha value is -1.76. The predicted octanol–water partition coefficient (Wildman–Crippen LogP) is 0.876. The van der Waals surface area contributed by atoms with Crippen molar-refractivity contribution >= 4 is 28.7 Å². The molecule has 0 bridgehead atoms. The van der Waals surface area contributed by atoms with Gasteiger partial charge in [-0.15, -0.1) is 5.10 Å². The summed E-state index contributed by atoms with van der Waals surface area (Å²) < 4.78 is 4.92. The fourth-order valence-corrected chi connectivity index (χ4v) is 2.26. The number of thioether (sulfide) groups is 1. The lowest BCUT2D eigenvalue weighted by Crippen LogP contribution is -2.31. The minimum atomic E-state index is -0.432. The van der Waals surface area contributed by atoms with Crippen molar-refractivity contribution in [3.63, 3.8) is 0 Å². The van der Waals surface area contributed by atoms with Crippen molar-refractivity contribution in [1.29, 1.82) is 0 Å². The third-order valence-electron chi connectivity index (χ3n) is 2.17. The Morgan fingerprint density at radius 2 is 2.53 bits per heavy atom. The monoisotopic (exact) mass is 253 g/mol. The summed E-state index contributed by atoms with van der Waals surface area (Å²) in [6.45, 7) is 2.40. The smallest absolute Gasteiger partial charge is 0.307 e. The van der Waals surface area contributed by atoms with E-state index in [9.17, 15) is 9.59 Å². The third kappa shape index (κ3) is 2.50. The highest BCUT2D eigenvalue weighted by Crippen LogP contribution is 2.18. The van der Waals surface area contributed by atoms with Gasteiger partial charge in [0.25, 0.3) is 0 Å². The minimum Gasteiger partial charge on any atom is -0.459 e. The third-order valence-corrected chi connectivity index (χ3v) is 3.13. The topological polar surface area (TPSA) is 74.9 Å². The molecular weight excluding hydrogens is 242 g/mol. The zero-order chi connectivity index (χ0) is 12.3. The predicted molar refractivity (Wildman–Crippen MR) is 63.5 cm³/mol. The summed E-state index contributed by atoms with van der Waals surface area (Å²) in [4.78, 5) is 24.4. The number of hydrogen-bond acceptors (Lipinski definition) is 5. The van der Waals surface area contributed by atoms with Gasteiger partial charge in [0.2, 0.25) is 5.91 Å². The Morgan fingerprint density at radius 1 is 1.71 bits per heavy atom. The van der Waals surface area contributed by atoms with E-state index in [1.165, 1.54) is 22.9 Å². The number of furan rings is 1. The van der Waals surface area contributed by atoms with Crippen LogP contribution in [0.5, 0.6) is 0 Å². The van der Waals surface area contributed by atoms with Crippen molar-refractivity contribution in [3.8, 4) is 0 Å². The van der Waals surface area contributed by atoms with E-state index in [1.54, 1.807) is 12.1 Å². The van der Waals surface area contributed by atoms with Gasteiger partial charge in [0.1, 0.15) is 0 Å². The zero-order valence-electron chi connectivity index (χ0n) is 9.17. The molecule has 1 aromatic rings. The zero-order valence-corrected chi connectivity index (χ0v) is 9.99. The first kappa shape index (κ1) is 11.7.